The smallest absolute Gasteiger partial charge is 0.337 e. The van der Waals surface area contributed by atoms with Gasteiger partial charge in [-0.1, -0.05) is 6.07 Å². The number of morpholine rings is 1. The number of benzene rings is 1. The molecule has 0 atom stereocenters. The van der Waals surface area contributed by atoms with Crippen LogP contribution >= 0.6 is 0 Å². The van der Waals surface area contributed by atoms with Gasteiger partial charge < -0.3 is 19.7 Å². The number of esters is 1. The van der Waals surface area contributed by atoms with E-state index in [0.717, 1.165) is 18.8 Å². The Kier molecular flexibility index (Phi) is 4.68. The lowest BCUT2D eigenvalue weighted by Gasteiger charge is -2.26. The molecule has 0 bridgehead atoms. The highest BCUT2D eigenvalue weighted by molar-refractivity contribution is 5.90. The number of hydrogen-bond donors (Lipinski definition) is 1. The summed E-state index contributed by atoms with van der Waals surface area (Å²) in [4.78, 5) is 22.5. The van der Waals surface area contributed by atoms with Gasteiger partial charge >= 0.3 is 5.97 Å². The minimum Gasteiger partial charge on any atom is -0.465 e. The predicted octanol–water partition coefficient (Wildman–Crippen LogP) is 1.84. The van der Waals surface area contributed by atoms with Gasteiger partial charge in [-0.3, -0.25) is 0 Å². The zero-order chi connectivity index (χ0) is 16.1. The van der Waals surface area contributed by atoms with E-state index in [1.165, 1.54) is 7.11 Å². The van der Waals surface area contributed by atoms with E-state index < -0.39 is 0 Å². The minimum atomic E-state index is -0.370. The quantitative estimate of drug-likeness (QED) is 0.863. The van der Waals surface area contributed by atoms with E-state index in [0.29, 0.717) is 30.5 Å². The van der Waals surface area contributed by atoms with Crippen molar-refractivity contribution in [2.45, 2.75) is 0 Å². The number of nitrogens with one attached hydrogen (secondary N) is 1. The monoisotopic (exact) mass is 314 g/mol. The number of nitrogens with zero attached hydrogens (tertiary/aromatic N) is 3. The van der Waals surface area contributed by atoms with E-state index in [4.69, 9.17) is 9.47 Å². The highest BCUT2D eigenvalue weighted by Gasteiger charge is 2.14. The van der Waals surface area contributed by atoms with Crippen molar-refractivity contribution in [3.8, 4) is 0 Å². The topological polar surface area (TPSA) is 76.6 Å². The first-order valence-corrected chi connectivity index (χ1v) is 7.37. The number of carbonyl (C=O) groups is 1. The number of anilines is 3. The molecule has 2 heterocycles. The molecule has 120 valence electrons. The number of ether oxygens (including phenoxy) is 2. The van der Waals surface area contributed by atoms with Crippen LogP contribution in [0.15, 0.2) is 36.5 Å². The van der Waals surface area contributed by atoms with Gasteiger partial charge in [0, 0.05) is 25.0 Å². The summed E-state index contributed by atoms with van der Waals surface area (Å²) < 4.78 is 10.1. The summed E-state index contributed by atoms with van der Waals surface area (Å²) in [5, 5.41) is 3.19. The summed E-state index contributed by atoms with van der Waals surface area (Å²) in [5.74, 6) is 0.969. The van der Waals surface area contributed by atoms with Gasteiger partial charge in [0.2, 0.25) is 5.95 Å². The van der Waals surface area contributed by atoms with Crippen molar-refractivity contribution in [3.63, 3.8) is 0 Å². The molecule has 1 saturated heterocycles. The maximum atomic E-state index is 11.6. The van der Waals surface area contributed by atoms with Gasteiger partial charge in [0.15, 0.2) is 0 Å². The van der Waals surface area contributed by atoms with Gasteiger partial charge in [-0.2, -0.15) is 4.98 Å². The number of carbonyl (C=O) groups excluding carboxylic acids is 1. The number of aromatic nitrogens is 2. The first-order valence-electron chi connectivity index (χ1n) is 7.37. The van der Waals surface area contributed by atoms with E-state index in [-0.39, 0.29) is 5.97 Å². The third kappa shape index (κ3) is 3.75. The summed E-state index contributed by atoms with van der Waals surface area (Å²) >= 11 is 0. The van der Waals surface area contributed by atoms with Crippen LogP contribution < -0.4 is 10.2 Å². The Hall–Kier alpha value is -2.67. The Morgan fingerprint density at radius 2 is 2.13 bits per heavy atom. The molecule has 0 spiro atoms. The van der Waals surface area contributed by atoms with E-state index in [9.17, 15) is 4.79 Å². The lowest BCUT2D eigenvalue weighted by molar-refractivity contribution is 0.0601. The second-order valence-electron chi connectivity index (χ2n) is 5.04. The molecule has 1 aromatic heterocycles. The number of hydrogen-bond acceptors (Lipinski definition) is 7. The third-order valence-electron chi connectivity index (χ3n) is 3.49. The van der Waals surface area contributed by atoms with Crippen molar-refractivity contribution in [1.29, 1.82) is 0 Å². The summed E-state index contributed by atoms with van der Waals surface area (Å²) in [6.45, 7) is 2.92. The fraction of sp³-hybridized carbons (Fsp3) is 0.312. The molecule has 1 aromatic carbocycles. The van der Waals surface area contributed by atoms with Crippen LogP contribution in [0.5, 0.6) is 0 Å². The first kappa shape index (κ1) is 15.2. The third-order valence-corrected chi connectivity index (χ3v) is 3.49. The molecule has 1 fully saturated rings. The standard InChI is InChI=1S/C16H18N4O3/c1-22-15(21)12-3-2-4-13(11-12)18-14-5-6-17-16(19-14)20-7-9-23-10-8-20/h2-6,11H,7-10H2,1H3,(H,17,18,19). The largest absolute Gasteiger partial charge is 0.465 e. The predicted molar refractivity (Wildman–Crippen MR) is 86.1 cm³/mol. The lowest BCUT2D eigenvalue weighted by Crippen LogP contribution is -2.37. The van der Waals surface area contributed by atoms with E-state index in [1.54, 1.807) is 30.5 Å². The average molecular weight is 314 g/mol. The van der Waals surface area contributed by atoms with Crippen LogP contribution in [0, 0.1) is 0 Å². The zero-order valence-electron chi connectivity index (χ0n) is 12.9. The number of methoxy groups -OCH3 is 1. The number of rotatable bonds is 4. The van der Waals surface area contributed by atoms with E-state index in [2.05, 4.69) is 20.2 Å². The lowest BCUT2D eigenvalue weighted by atomic mass is 10.2. The van der Waals surface area contributed by atoms with Crippen molar-refractivity contribution in [2.75, 3.05) is 43.6 Å². The van der Waals surface area contributed by atoms with Crippen LogP contribution in [-0.2, 0) is 9.47 Å². The maximum Gasteiger partial charge on any atom is 0.337 e. The second-order valence-corrected chi connectivity index (χ2v) is 5.04. The molecule has 2 aromatic rings. The normalized spacial score (nSPS) is 14.4. The van der Waals surface area contributed by atoms with Gasteiger partial charge in [0.1, 0.15) is 5.82 Å². The summed E-state index contributed by atoms with van der Waals surface area (Å²) in [6.07, 6.45) is 1.71. The Morgan fingerprint density at radius 3 is 2.91 bits per heavy atom. The van der Waals surface area contributed by atoms with Gasteiger partial charge in [-0.25, -0.2) is 9.78 Å². The molecule has 0 amide bonds. The highest BCUT2D eigenvalue weighted by Crippen LogP contribution is 2.18. The molecule has 7 nitrogen and oxygen atoms in total. The first-order chi connectivity index (χ1) is 11.3. The van der Waals surface area contributed by atoms with Gasteiger partial charge in [0.05, 0.1) is 25.9 Å². The Bertz CT molecular complexity index is 687. The molecule has 1 aliphatic heterocycles. The molecule has 0 radical (unpaired) electrons. The van der Waals surface area contributed by atoms with Gasteiger partial charge in [-0.15, -0.1) is 0 Å². The van der Waals surface area contributed by atoms with Crippen LogP contribution in [-0.4, -0.2) is 49.4 Å². The SMILES string of the molecule is COC(=O)c1cccc(Nc2ccnc(N3CCOCC3)n2)c1. The highest BCUT2D eigenvalue weighted by atomic mass is 16.5. The second kappa shape index (κ2) is 7.06. The van der Waals surface area contributed by atoms with Crippen molar-refractivity contribution in [1.82, 2.24) is 9.97 Å². The Labute approximate surface area is 134 Å². The summed E-state index contributed by atoms with van der Waals surface area (Å²) in [7, 11) is 1.36. The summed E-state index contributed by atoms with van der Waals surface area (Å²) in [6, 6.07) is 8.87. The molecule has 1 N–H and O–H groups in total. The van der Waals surface area contributed by atoms with Crippen molar-refractivity contribution in [3.05, 3.63) is 42.1 Å². The molecule has 7 heteroatoms. The fourth-order valence-electron chi connectivity index (χ4n) is 2.32. The van der Waals surface area contributed by atoms with Crippen LogP contribution in [0.1, 0.15) is 10.4 Å². The van der Waals surface area contributed by atoms with Crippen LogP contribution in [0.2, 0.25) is 0 Å². The van der Waals surface area contributed by atoms with E-state index in [1.807, 2.05) is 6.07 Å². The molecule has 3 rings (SSSR count). The van der Waals surface area contributed by atoms with E-state index >= 15 is 0 Å². The maximum absolute atomic E-state index is 11.6. The average Bonchev–Trinajstić information content (AvgIpc) is 2.62. The zero-order valence-corrected chi connectivity index (χ0v) is 12.9. The Balaban J connectivity index is 1.76. The van der Waals surface area contributed by atoms with Crippen molar-refractivity contribution < 1.29 is 14.3 Å². The molecular formula is C16H18N4O3. The van der Waals surface area contributed by atoms with Gasteiger partial charge in [-0.05, 0) is 24.3 Å². The minimum absolute atomic E-state index is 0.370. The molecule has 23 heavy (non-hydrogen) atoms. The van der Waals surface area contributed by atoms with Gasteiger partial charge in [0.25, 0.3) is 0 Å². The fourth-order valence-corrected chi connectivity index (χ4v) is 2.32. The van der Waals surface area contributed by atoms with Crippen molar-refractivity contribution >= 4 is 23.4 Å². The van der Waals surface area contributed by atoms with Crippen LogP contribution in [0.4, 0.5) is 17.5 Å². The summed E-state index contributed by atoms with van der Waals surface area (Å²) in [5.41, 5.74) is 1.25. The van der Waals surface area contributed by atoms with Crippen LogP contribution in [0.25, 0.3) is 0 Å². The van der Waals surface area contributed by atoms with Crippen LogP contribution in [0.3, 0.4) is 0 Å². The van der Waals surface area contributed by atoms with Crippen molar-refractivity contribution in [2.24, 2.45) is 0 Å². The molecule has 1 aliphatic rings. The molecular weight excluding hydrogens is 296 g/mol. The molecule has 0 unspecified atom stereocenters. The molecule has 0 aliphatic carbocycles. The Morgan fingerprint density at radius 1 is 1.30 bits per heavy atom. The molecule has 0 saturated carbocycles.